The molecule has 1 aromatic carbocycles. The third-order valence-corrected chi connectivity index (χ3v) is 4.25. The van der Waals surface area contributed by atoms with Crippen LogP contribution < -0.4 is 14.8 Å². The summed E-state index contributed by atoms with van der Waals surface area (Å²) in [5.74, 6) is 2.38. The Balaban J connectivity index is 1.94. The van der Waals surface area contributed by atoms with Crippen molar-refractivity contribution < 1.29 is 9.47 Å². The Morgan fingerprint density at radius 3 is 2.80 bits per heavy atom. The minimum absolute atomic E-state index is 0.461. The SMILES string of the molecule is CC(C)c1c(CC2CCCN2)ccc2c1OCCCO2. The van der Waals surface area contributed by atoms with Gasteiger partial charge >= 0.3 is 0 Å². The molecule has 3 nitrogen and oxygen atoms in total. The summed E-state index contributed by atoms with van der Waals surface area (Å²) in [5.41, 5.74) is 2.77. The summed E-state index contributed by atoms with van der Waals surface area (Å²) in [4.78, 5) is 0. The molecule has 2 aliphatic heterocycles. The van der Waals surface area contributed by atoms with Crippen LogP contribution in [-0.2, 0) is 6.42 Å². The summed E-state index contributed by atoms with van der Waals surface area (Å²) in [6.45, 7) is 7.17. The van der Waals surface area contributed by atoms with Gasteiger partial charge in [0.2, 0.25) is 0 Å². The first-order chi connectivity index (χ1) is 9.75. The van der Waals surface area contributed by atoms with Crippen LogP contribution in [-0.4, -0.2) is 25.8 Å². The second-order valence-corrected chi connectivity index (χ2v) is 6.17. The second-order valence-electron chi connectivity index (χ2n) is 6.17. The third kappa shape index (κ3) is 2.78. The van der Waals surface area contributed by atoms with E-state index in [1.54, 1.807) is 0 Å². The Kier molecular flexibility index (Phi) is 4.16. The molecule has 110 valence electrons. The third-order valence-electron chi connectivity index (χ3n) is 4.25. The van der Waals surface area contributed by atoms with E-state index in [9.17, 15) is 0 Å². The monoisotopic (exact) mass is 275 g/mol. The van der Waals surface area contributed by atoms with Crippen LogP contribution in [0.25, 0.3) is 0 Å². The fourth-order valence-electron chi connectivity index (χ4n) is 3.31. The van der Waals surface area contributed by atoms with Gasteiger partial charge in [-0.1, -0.05) is 19.9 Å². The van der Waals surface area contributed by atoms with Crippen molar-refractivity contribution in [2.75, 3.05) is 19.8 Å². The van der Waals surface area contributed by atoms with Crippen molar-refractivity contribution >= 4 is 0 Å². The highest BCUT2D eigenvalue weighted by Crippen LogP contribution is 2.40. The maximum Gasteiger partial charge on any atom is 0.164 e. The molecule has 0 radical (unpaired) electrons. The number of benzene rings is 1. The molecule has 1 fully saturated rings. The molecule has 1 unspecified atom stereocenters. The molecule has 0 bridgehead atoms. The van der Waals surface area contributed by atoms with Crippen molar-refractivity contribution in [2.24, 2.45) is 0 Å². The maximum absolute atomic E-state index is 6.00. The quantitative estimate of drug-likeness (QED) is 0.918. The number of ether oxygens (including phenoxy) is 2. The molecule has 0 saturated carbocycles. The fraction of sp³-hybridized carbons (Fsp3) is 0.647. The Bertz CT molecular complexity index is 464. The van der Waals surface area contributed by atoms with E-state index in [0.29, 0.717) is 12.0 Å². The van der Waals surface area contributed by atoms with Crippen molar-refractivity contribution in [3.8, 4) is 11.5 Å². The van der Waals surface area contributed by atoms with E-state index >= 15 is 0 Å². The molecule has 1 atom stereocenters. The van der Waals surface area contributed by atoms with Crippen molar-refractivity contribution in [1.29, 1.82) is 0 Å². The first kappa shape index (κ1) is 13.7. The number of nitrogens with one attached hydrogen (secondary N) is 1. The van der Waals surface area contributed by atoms with Crippen molar-refractivity contribution in [1.82, 2.24) is 5.32 Å². The summed E-state index contributed by atoms with van der Waals surface area (Å²) >= 11 is 0. The van der Waals surface area contributed by atoms with Crippen LogP contribution in [0, 0.1) is 0 Å². The van der Waals surface area contributed by atoms with Crippen LogP contribution in [0.3, 0.4) is 0 Å². The normalized spacial score (nSPS) is 22.1. The number of hydrogen-bond donors (Lipinski definition) is 1. The van der Waals surface area contributed by atoms with E-state index < -0.39 is 0 Å². The summed E-state index contributed by atoms with van der Waals surface area (Å²) in [6, 6.07) is 4.96. The molecule has 0 spiro atoms. The highest BCUT2D eigenvalue weighted by atomic mass is 16.5. The largest absolute Gasteiger partial charge is 0.490 e. The van der Waals surface area contributed by atoms with Gasteiger partial charge in [-0.2, -0.15) is 0 Å². The first-order valence-corrected chi connectivity index (χ1v) is 7.90. The molecule has 0 aromatic heterocycles. The Hall–Kier alpha value is -1.22. The van der Waals surface area contributed by atoms with Crippen molar-refractivity contribution in [3.63, 3.8) is 0 Å². The van der Waals surface area contributed by atoms with Gasteiger partial charge in [-0.05, 0) is 43.4 Å². The van der Waals surface area contributed by atoms with Gasteiger partial charge in [-0.3, -0.25) is 0 Å². The lowest BCUT2D eigenvalue weighted by atomic mass is 9.91. The molecule has 0 amide bonds. The van der Waals surface area contributed by atoms with Gasteiger partial charge in [-0.15, -0.1) is 0 Å². The summed E-state index contributed by atoms with van der Waals surface area (Å²) in [6.07, 6.45) is 4.65. The van der Waals surface area contributed by atoms with Gasteiger partial charge in [0.25, 0.3) is 0 Å². The summed E-state index contributed by atoms with van der Waals surface area (Å²) in [7, 11) is 0. The predicted molar refractivity (Wildman–Crippen MR) is 80.9 cm³/mol. The van der Waals surface area contributed by atoms with E-state index in [1.807, 2.05) is 0 Å². The molecule has 20 heavy (non-hydrogen) atoms. The topological polar surface area (TPSA) is 30.5 Å². The van der Waals surface area contributed by atoms with Crippen LogP contribution in [0.4, 0.5) is 0 Å². The van der Waals surface area contributed by atoms with Gasteiger partial charge in [-0.25, -0.2) is 0 Å². The lowest BCUT2D eigenvalue weighted by molar-refractivity contribution is 0.295. The van der Waals surface area contributed by atoms with Gasteiger partial charge in [0.15, 0.2) is 11.5 Å². The minimum Gasteiger partial charge on any atom is -0.490 e. The Morgan fingerprint density at radius 2 is 2.05 bits per heavy atom. The van der Waals surface area contributed by atoms with Crippen LogP contribution >= 0.6 is 0 Å². The van der Waals surface area contributed by atoms with E-state index in [-0.39, 0.29) is 0 Å². The molecule has 1 N–H and O–H groups in total. The first-order valence-electron chi connectivity index (χ1n) is 7.90. The smallest absolute Gasteiger partial charge is 0.164 e. The molecule has 2 heterocycles. The maximum atomic E-state index is 6.00. The molecular formula is C17H25NO2. The van der Waals surface area contributed by atoms with Crippen LogP contribution in [0.15, 0.2) is 12.1 Å². The highest BCUT2D eigenvalue weighted by molar-refractivity contribution is 5.53. The average molecular weight is 275 g/mol. The zero-order valence-corrected chi connectivity index (χ0v) is 12.6. The van der Waals surface area contributed by atoms with E-state index in [4.69, 9.17) is 9.47 Å². The van der Waals surface area contributed by atoms with E-state index in [2.05, 4.69) is 31.3 Å². The molecule has 2 aliphatic rings. The minimum atomic E-state index is 0.461. The lowest BCUT2D eigenvalue weighted by Gasteiger charge is -2.21. The Labute approximate surface area is 121 Å². The van der Waals surface area contributed by atoms with Crippen LogP contribution in [0.1, 0.15) is 50.2 Å². The number of fused-ring (bicyclic) bond motifs is 1. The summed E-state index contributed by atoms with van der Waals surface area (Å²) in [5, 5.41) is 3.59. The Morgan fingerprint density at radius 1 is 1.20 bits per heavy atom. The van der Waals surface area contributed by atoms with Gasteiger partial charge in [0, 0.05) is 18.0 Å². The zero-order valence-electron chi connectivity index (χ0n) is 12.6. The van der Waals surface area contributed by atoms with Gasteiger partial charge < -0.3 is 14.8 Å². The molecule has 3 rings (SSSR count). The highest BCUT2D eigenvalue weighted by Gasteiger charge is 2.23. The van der Waals surface area contributed by atoms with Crippen molar-refractivity contribution in [2.45, 2.75) is 51.5 Å². The van der Waals surface area contributed by atoms with E-state index in [1.165, 1.54) is 24.0 Å². The molecule has 3 heteroatoms. The fourth-order valence-corrected chi connectivity index (χ4v) is 3.31. The molecule has 1 saturated heterocycles. The molecular weight excluding hydrogens is 250 g/mol. The second kappa shape index (κ2) is 6.04. The zero-order chi connectivity index (χ0) is 13.9. The number of hydrogen-bond acceptors (Lipinski definition) is 3. The van der Waals surface area contributed by atoms with Gasteiger partial charge in [0.05, 0.1) is 13.2 Å². The van der Waals surface area contributed by atoms with Crippen LogP contribution in [0.2, 0.25) is 0 Å². The molecule has 0 aliphatic carbocycles. The van der Waals surface area contributed by atoms with E-state index in [0.717, 1.165) is 44.1 Å². The lowest BCUT2D eigenvalue weighted by Crippen LogP contribution is -2.24. The standard InChI is InChI=1S/C17H25NO2/c1-12(2)16-13(11-14-5-3-8-18-14)6-7-15-17(16)20-10-4-9-19-15/h6-7,12,14,18H,3-5,8-11H2,1-2H3. The van der Waals surface area contributed by atoms with Crippen LogP contribution in [0.5, 0.6) is 11.5 Å². The van der Waals surface area contributed by atoms with Gasteiger partial charge in [0.1, 0.15) is 0 Å². The number of rotatable bonds is 3. The molecule has 1 aromatic rings. The average Bonchev–Trinajstić information content (AvgIpc) is 2.81. The predicted octanol–water partition coefficient (Wildman–Crippen LogP) is 3.27. The van der Waals surface area contributed by atoms with Crippen molar-refractivity contribution in [3.05, 3.63) is 23.3 Å². The summed E-state index contributed by atoms with van der Waals surface area (Å²) < 4.78 is 11.8.